The van der Waals surface area contributed by atoms with E-state index in [1.54, 1.807) is 23.5 Å². The van der Waals surface area contributed by atoms with Crippen LogP contribution in [0.2, 0.25) is 0 Å². The van der Waals surface area contributed by atoms with E-state index in [1.165, 1.54) is 18.4 Å². The third-order valence-electron chi connectivity index (χ3n) is 4.96. The Bertz CT molecular complexity index is 962. The van der Waals surface area contributed by atoms with Gasteiger partial charge in [0.25, 0.3) is 5.91 Å². The van der Waals surface area contributed by atoms with Gasteiger partial charge >= 0.3 is 0 Å². The van der Waals surface area contributed by atoms with E-state index < -0.39 is 0 Å². The average molecular weight is 408 g/mol. The van der Waals surface area contributed by atoms with Crippen LogP contribution in [0, 0.1) is 6.92 Å². The maximum atomic E-state index is 12.6. The van der Waals surface area contributed by atoms with Crippen molar-refractivity contribution in [3.8, 4) is 5.75 Å². The molecule has 29 heavy (non-hydrogen) atoms. The first-order valence-electron chi connectivity index (χ1n) is 9.92. The number of benzene rings is 2. The molecule has 2 heterocycles. The Morgan fingerprint density at radius 3 is 2.69 bits per heavy atom. The van der Waals surface area contributed by atoms with Gasteiger partial charge in [0.15, 0.2) is 0 Å². The summed E-state index contributed by atoms with van der Waals surface area (Å²) >= 11 is 1.61. The fraction of sp³-hybridized carbons (Fsp3) is 0.304. The van der Waals surface area contributed by atoms with Gasteiger partial charge in [-0.1, -0.05) is 12.1 Å². The van der Waals surface area contributed by atoms with Crippen LogP contribution in [0.3, 0.4) is 0 Å². The maximum Gasteiger partial charge on any atom is 0.255 e. The Morgan fingerprint density at radius 2 is 1.97 bits per heavy atom. The Kier molecular flexibility index (Phi) is 6.22. The fourth-order valence-electron chi connectivity index (χ4n) is 3.48. The number of nitrogens with one attached hydrogen (secondary N) is 1. The summed E-state index contributed by atoms with van der Waals surface area (Å²) in [4.78, 5) is 19.4. The number of hydrogen-bond donors (Lipinski definition) is 1. The monoisotopic (exact) mass is 407 g/mol. The van der Waals surface area contributed by atoms with E-state index in [0.717, 1.165) is 41.8 Å². The molecule has 0 aliphatic carbocycles. The lowest BCUT2D eigenvalue weighted by Crippen LogP contribution is -2.18. The molecule has 0 saturated carbocycles. The summed E-state index contributed by atoms with van der Waals surface area (Å²) < 4.78 is 5.75. The summed E-state index contributed by atoms with van der Waals surface area (Å²) in [6.07, 6.45) is 2.55. The molecule has 0 atom stereocenters. The molecule has 1 aliphatic heterocycles. The average Bonchev–Trinajstić information content (AvgIpc) is 3.39. The van der Waals surface area contributed by atoms with Gasteiger partial charge in [-0.05, 0) is 74.8 Å². The maximum absolute atomic E-state index is 12.6. The summed E-state index contributed by atoms with van der Waals surface area (Å²) in [6.45, 7) is 5.66. The topological polar surface area (TPSA) is 54.5 Å². The molecule has 6 heteroatoms. The van der Waals surface area contributed by atoms with Crippen molar-refractivity contribution in [1.29, 1.82) is 0 Å². The molecule has 0 unspecified atom stereocenters. The van der Waals surface area contributed by atoms with Gasteiger partial charge in [0, 0.05) is 23.2 Å². The predicted molar refractivity (Wildman–Crippen MR) is 117 cm³/mol. The highest BCUT2D eigenvalue weighted by Gasteiger charge is 2.12. The number of anilines is 1. The van der Waals surface area contributed by atoms with Crippen LogP contribution in [0.25, 0.3) is 0 Å². The number of thiazole rings is 1. The lowest BCUT2D eigenvalue weighted by molar-refractivity contribution is 0.102. The number of likely N-dealkylation sites (tertiary alicyclic amines) is 1. The smallest absolute Gasteiger partial charge is 0.255 e. The largest absolute Gasteiger partial charge is 0.487 e. The second kappa shape index (κ2) is 9.20. The molecule has 5 nitrogen and oxygen atoms in total. The van der Waals surface area contributed by atoms with Gasteiger partial charge in [-0.3, -0.25) is 9.69 Å². The number of rotatable bonds is 7. The molecule has 1 saturated heterocycles. The van der Waals surface area contributed by atoms with Gasteiger partial charge in [0.05, 0.1) is 10.7 Å². The number of nitrogens with zero attached hydrogens (tertiary/aromatic N) is 2. The van der Waals surface area contributed by atoms with E-state index >= 15 is 0 Å². The lowest BCUT2D eigenvalue weighted by atomic mass is 10.1. The highest BCUT2D eigenvalue weighted by molar-refractivity contribution is 7.09. The minimum atomic E-state index is -0.120. The van der Waals surface area contributed by atoms with Crippen LogP contribution in [0.5, 0.6) is 5.75 Å². The van der Waals surface area contributed by atoms with Crippen LogP contribution in [0.15, 0.2) is 53.9 Å². The Balaban J connectivity index is 1.33. The van der Waals surface area contributed by atoms with Crippen molar-refractivity contribution in [2.24, 2.45) is 0 Å². The summed E-state index contributed by atoms with van der Waals surface area (Å²) in [5, 5.41) is 6.02. The Morgan fingerprint density at radius 1 is 1.17 bits per heavy atom. The molecule has 0 bridgehead atoms. The van der Waals surface area contributed by atoms with Crippen LogP contribution in [0.4, 0.5) is 5.69 Å². The molecule has 0 radical (unpaired) electrons. The first-order valence-corrected chi connectivity index (χ1v) is 10.8. The van der Waals surface area contributed by atoms with E-state index in [0.29, 0.717) is 12.2 Å². The zero-order valence-corrected chi connectivity index (χ0v) is 17.4. The van der Waals surface area contributed by atoms with E-state index in [1.807, 2.05) is 36.6 Å². The van der Waals surface area contributed by atoms with Gasteiger partial charge < -0.3 is 10.1 Å². The summed E-state index contributed by atoms with van der Waals surface area (Å²) in [7, 11) is 0. The fourth-order valence-corrected chi connectivity index (χ4v) is 4.08. The van der Waals surface area contributed by atoms with Crippen LogP contribution in [-0.4, -0.2) is 28.9 Å². The van der Waals surface area contributed by atoms with Gasteiger partial charge in [-0.25, -0.2) is 4.98 Å². The predicted octanol–water partition coefficient (Wildman–Crippen LogP) is 4.88. The van der Waals surface area contributed by atoms with Crippen molar-refractivity contribution in [2.75, 3.05) is 18.4 Å². The SMILES string of the molecule is Cc1nc(COc2ccc(C(=O)Nc3cccc(CN4CCCC4)c3)cc2)cs1. The van der Waals surface area contributed by atoms with Crippen molar-refractivity contribution >= 4 is 22.9 Å². The molecular weight excluding hydrogens is 382 g/mol. The molecule has 0 spiro atoms. The van der Waals surface area contributed by atoms with Crippen LogP contribution >= 0.6 is 11.3 Å². The molecular formula is C23H25N3O2S. The van der Waals surface area contributed by atoms with Gasteiger partial charge in [0.2, 0.25) is 0 Å². The summed E-state index contributed by atoms with van der Waals surface area (Å²) in [6, 6.07) is 15.3. The molecule has 1 amide bonds. The number of hydrogen-bond acceptors (Lipinski definition) is 5. The third-order valence-corrected chi connectivity index (χ3v) is 5.78. The molecule has 1 fully saturated rings. The van der Waals surface area contributed by atoms with Gasteiger partial charge in [-0.15, -0.1) is 11.3 Å². The van der Waals surface area contributed by atoms with E-state index in [9.17, 15) is 4.79 Å². The standard InChI is InChI=1S/C23H25N3O2S/c1-17-24-21(16-29-17)15-28-22-9-7-19(8-10-22)23(27)25-20-6-4-5-18(13-20)14-26-11-2-3-12-26/h4-10,13,16H,2-3,11-12,14-15H2,1H3,(H,25,27). The summed E-state index contributed by atoms with van der Waals surface area (Å²) in [5.74, 6) is 0.602. The first kappa shape index (κ1) is 19.6. The number of carbonyl (C=O) groups excluding carboxylic acids is 1. The van der Waals surface area contributed by atoms with Crippen molar-refractivity contribution in [3.05, 3.63) is 75.7 Å². The zero-order valence-electron chi connectivity index (χ0n) is 16.6. The van der Waals surface area contributed by atoms with E-state index in [2.05, 4.69) is 27.3 Å². The van der Waals surface area contributed by atoms with E-state index in [-0.39, 0.29) is 5.91 Å². The second-order valence-electron chi connectivity index (χ2n) is 7.31. The summed E-state index contributed by atoms with van der Waals surface area (Å²) in [5.41, 5.74) is 3.58. The first-order chi connectivity index (χ1) is 14.2. The molecule has 2 aromatic carbocycles. The van der Waals surface area contributed by atoms with Crippen LogP contribution in [0.1, 0.15) is 39.5 Å². The molecule has 3 aromatic rings. The van der Waals surface area contributed by atoms with Gasteiger partial charge in [0.1, 0.15) is 12.4 Å². The highest BCUT2D eigenvalue weighted by Crippen LogP contribution is 2.19. The number of aryl methyl sites for hydroxylation is 1. The molecule has 1 aliphatic rings. The molecule has 4 rings (SSSR count). The van der Waals surface area contributed by atoms with Crippen molar-refractivity contribution in [3.63, 3.8) is 0 Å². The van der Waals surface area contributed by atoms with Gasteiger partial charge in [-0.2, -0.15) is 0 Å². The number of carbonyl (C=O) groups is 1. The van der Waals surface area contributed by atoms with Crippen molar-refractivity contribution in [2.45, 2.75) is 32.9 Å². The van der Waals surface area contributed by atoms with Crippen LogP contribution in [-0.2, 0) is 13.2 Å². The Hall–Kier alpha value is -2.70. The second-order valence-corrected chi connectivity index (χ2v) is 8.37. The number of ether oxygens (including phenoxy) is 1. The quantitative estimate of drug-likeness (QED) is 0.607. The molecule has 1 aromatic heterocycles. The zero-order chi connectivity index (χ0) is 20.1. The molecule has 150 valence electrons. The number of amides is 1. The normalized spacial score (nSPS) is 14.1. The lowest BCUT2D eigenvalue weighted by Gasteiger charge is -2.15. The van der Waals surface area contributed by atoms with Crippen molar-refractivity contribution < 1.29 is 9.53 Å². The number of aromatic nitrogens is 1. The molecule has 1 N–H and O–H groups in total. The van der Waals surface area contributed by atoms with Crippen LogP contribution < -0.4 is 10.1 Å². The minimum Gasteiger partial charge on any atom is -0.487 e. The minimum absolute atomic E-state index is 0.120. The third kappa shape index (κ3) is 5.43. The highest BCUT2D eigenvalue weighted by atomic mass is 32.1. The van der Waals surface area contributed by atoms with Crippen molar-refractivity contribution in [1.82, 2.24) is 9.88 Å². The Labute approximate surface area is 175 Å². The van der Waals surface area contributed by atoms with E-state index in [4.69, 9.17) is 4.74 Å².